The second-order valence-corrected chi connectivity index (χ2v) is 6.89. The fourth-order valence-electron chi connectivity index (χ4n) is 2.82. The Balaban J connectivity index is 1.86. The van der Waals surface area contributed by atoms with Crippen molar-refractivity contribution in [1.82, 2.24) is 4.90 Å². The Kier molecular flexibility index (Phi) is 4.86. The van der Waals surface area contributed by atoms with Crippen LogP contribution in [-0.2, 0) is 11.2 Å². The molecule has 2 rings (SSSR count). The van der Waals surface area contributed by atoms with Crippen molar-refractivity contribution in [2.45, 2.75) is 51.1 Å². The van der Waals surface area contributed by atoms with Crippen LogP contribution >= 0.6 is 15.9 Å². The van der Waals surface area contributed by atoms with Crippen LogP contribution in [0.15, 0.2) is 28.7 Å². The number of carbonyl (C=O) groups excluding carboxylic acids is 1. The highest BCUT2D eigenvalue weighted by Gasteiger charge is 2.41. The maximum Gasteiger partial charge on any atom is 0.223 e. The number of hydrogen-bond donors (Lipinski definition) is 1. The second kappa shape index (κ2) is 6.27. The summed E-state index contributed by atoms with van der Waals surface area (Å²) < 4.78 is 1.12. The van der Waals surface area contributed by atoms with Gasteiger partial charge in [-0.3, -0.25) is 4.79 Å². The lowest BCUT2D eigenvalue weighted by atomic mass is 9.96. The van der Waals surface area contributed by atoms with E-state index in [2.05, 4.69) is 35.8 Å². The van der Waals surface area contributed by atoms with Crippen molar-refractivity contribution in [2.24, 2.45) is 5.73 Å². The Labute approximate surface area is 129 Å². The van der Waals surface area contributed by atoms with Crippen LogP contribution in [0.3, 0.4) is 0 Å². The predicted molar refractivity (Wildman–Crippen MR) is 85.5 cm³/mol. The molecule has 1 aromatic rings. The third-order valence-electron chi connectivity index (χ3n) is 4.36. The zero-order valence-corrected chi connectivity index (χ0v) is 13.8. The number of halogens is 1. The van der Waals surface area contributed by atoms with E-state index in [9.17, 15) is 4.79 Å². The van der Waals surface area contributed by atoms with Crippen LogP contribution < -0.4 is 5.73 Å². The molecule has 3 nitrogen and oxygen atoms in total. The van der Waals surface area contributed by atoms with Gasteiger partial charge in [0, 0.05) is 23.5 Å². The summed E-state index contributed by atoms with van der Waals surface area (Å²) in [5, 5.41) is 0. The molecule has 110 valence electrons. The summed E-state index contributed by atoms with van der Waals surface area (Å²) in [6.07, 6.45) is 3.30. The normalized spacial score (nSPS) is 21.2. The summed E-state index contributed by atoms with van der Waals surface area (Å²) in [5.41, 5.74) is 7.14. The Hall–Kier alpha value is -0.870. The molecule has 4 heteroatoms. The van der Waals surface area contributed by atoms with Gasteiger partial charge in [-0.05, 0) is 44.7 Å². The summed E-state index contributed by atoms with van der Waals surface area (Å²) in [7, 11) is 0. The third kappa shape index (κ3) is 3.23. The van der Waals surface area contributed by atoms with Gasteiger partial charge >= 0.3 is 0 Å². The number of nitrogens with zero attached hydrogens (tertiary/aromatic N) is 1. The van der Waals surface area contributed by atoms with Gasteiger partial charge in [-0.25, -0.2) is 0 Å². The minimum atomic E-state index is -0.204. The monoisotopic (exact) mass is 338 g/mol. The molecule has 1 aliphatic rings. The van der Waals surface area contributed by atoms with E-state index in [1.54, 1.807) is 0 Å². The van der Waals surface area contributed by atoms with Crippen LogP contribution in [0.25, 0.3) is 0 Å². The van der Waals surface area contributed by atoms with E-state index >= 15 is 0 Å². The first-order chi connectivity index (χ1) is 9.43. The average Bonchev–Trinajstić information content (AvgIpc) is 2.66. The highest BCUT2D eigenvalue weighted by molar-refractivity contribution is 9.10. The first kappa shape index (κ1) is 15.5. The van der Waals surface area contributed by atoms with E-state index in [0.717, 1.165) is 30.3 Å². The maximum atomic E-state index is 12.3. The van der Waals surface area contributed by atoms with Gasteiger partial charge in [-0.1, -0.05) is 34.1 Å². The highest BCUT2D eigenvalue weighted by Crippen LogP contribution is 2.28. The van der Waals surface area contributed by atoms with Crippen molar-refractivity contribution in [3.05, 3.63) is 34.3 Å². The minimum absolute atomic E-state index is 0.0923. The van der Waals surface area contributed by atoms with Gasteiger partial charge < -0.3 is 10.6 Å². The fraction of sp³-hybridized carbons (Fsp3) is 0.562. The molecule has 1 atom stereocenters. The Bertz CT molecular complexity index is 487. The summed E-state index contributed by atoms with van der Waals surface area (Å²) in [5.74, 6) is 0.231. The molecule has 0 aliphatic carbocycles. The molecule has 0 radical (unpaired) electrons. The van der Waals surface area contributed by atoms with Gasteiger partial charge in [0.1, 0.15) is 0 Å². The Morgan fingerprint density at radius 2 is 2.15 bits per heavy atom. The van der Waals surface area contributed by atoms with Crippen molar-refractivity contribution in [3.8, 4) is 0 Å². The van der Waals surface area contributed by atoms with Gasteiger partial charge in [-0.15, -0.1) is 0 Å². The lowest BCUT2D eigenvalue weighted by Crippen LogP contribution is -2.51. The van der Waals surface area contributed by atoms with Crippen LogP contribution in [0.2, 0.25) is 0 Å². The van der Waals surface area contributed by atoms with E-state index in [1.165, 1.54) is 5.56 Å². The summed E-state index contributed by atoms with van der Waals surface area (Å²) in [6.45, 7) is 4.93. The molecule has 1 saturated heterocycles. The molecule has 1 aromatic carbocycles. The van der Waals surface area contributed by atoms with Crippen molar-refractivity contribution in [2.75, 3.05) is 6.54 Å². The van der Waals surface area contributed by atoms with E-state index < -0.39 is 0 Å². The summed E-state index contributed by atoms with van der Waals surface area (Å²) >= 11 is 3.54. The van der Waals surface area contributed by atoms with Crippen LogP contribution in [0.1, 0.15) is 38.7 Å². The highest BCUT2D eigenvalue weighted by atomic mass is 79.9. The first-order valence-electron chi connectivity index (χ1n) is 7.22. The molecule has 0 aromatic heterocycles. The predicted octanol–water partition coefficient (Wildman–Crippen LogP) is 3.11. The van der Waals surface area contributed by atoms with Crippen molar-refractivity contribution in [3.63, 3.8) is 0 Å². The smallest absolute Gasteiger partial charge is 0.223 e. The minimum Gasteiger partial charge on any atom is -0.336 e. The van der Waals surface area contributed by atoms with Crippen LogP contribution in [-0.4, -0.2) is 28.9 Å². The van der Waals surface area contributed by atoms with Gasteiger partial charge in [0.15, 0.2) is 0 Å². The van der Waals surface area contributed by atoms with E-state index in [4.69, 9.17) is 5.73 Å². The fourth-order valence-corrected chi connectivity index (χ4v) is 3.31. The molecule has 1 amide bonds. The lowest BCUT2D eigenvalue weighted by Gasteiger charge is -2.34. The van der Waals surface area contributed by atoms with Crippen molar-refractivity contribution >= 4 is 21.8 Å². The van der Waals surface area contributed by atoms with Gasteiger partial charge in [0.2, 0.25) is 5.91 Å². The lowest BCUT2D eigenvalue weighted by molar-refractivity contribution is -0.134. The largest absolute Gasteiger partial charge is 0.336 e. The Morgan fingerprint density at radius 1 is 1.45 bits per heavy atom. The van der Waals surface area contributed by atoms with Crippen LogP contribution in [0.4, 0.5) is 0 Å². The van der Waals surface area contributed by atoms with Gasteiger partial charge in [-0.2, -0.15) is 0 Å². The number of likely N-dealkylation sites (tertiary alicyclic amines) is 1. The van der Waals surface area contributed by atoms with E-state index in [-0.39, 0.29) is 17.5 Å². The molecule has 0 saturated carbocycles. The summed E-state index contributed by atoms with van der Waals surface area (Å²) in [4.78, 5) is 14.3. The molecule has 0 spiro atoms. The molecule has 1 fully saturated rings. The molecular weight excluding hydrogens is 316 g/mol. The number of carbonyl (C=O) groups is 1. The molecule has 1 heterocycles. The second-order valence-electron chi connectivity index (χ2n) is 6.04. The number of rotatable bonds is 4. The van der Waals surface area contributed by atoms with Gasteiger partial charge in [0.05, 0.1) is 5.54 Å². The molecule has 0 bridgehead atoms. The quantitative estimate of drug-likeness (QED) is 0.916. The molecular formula is C16H23BrN2O. The number of nitrogens with two attached hydrogens (primary N) is 1. The zero-order valence-electron chi connectivity index (χ0n) is 12.2. The average molecular weight is 339 g/mol. The van der Waals surface area contributed by atoms with E-state index in [1.807, 2.05) is 23.1 Å². The first-order valence-corrected chi connectivity index (χ1v) is 8.01. The summed E-state index contributed by atoms with van der Waals surface area (Å²) in [6, 6.07) is 8.27. The zero-order chi connectivity index (χ0) is 14.8. The van der Waals surface area contributed by atoms with Crippen molar-refractivity contribution < 1.29 is 4.79 Å². The van der Waals surface area contributed by atoms with Crippen molar-refractivity contribution in [1.29, 1.82) is 0 Å². The molecule has 20 heavy (non-hydrogen) atoms. The van der Waals surface area contributed by atoms with Crippen LogP contribution in [0, 0.1) is 0 Å². The van der Waals surface area contributed by atoms with E-state index in [0.29, 0.717) is 6.42 Å². The van der Waals surface area contributed by atoms with Crippen LogP contribution in [0.5, 0.6) is 0 Å². The number of hydrogen-bond acceptors (Lipinski definition) is 2. The maximum absolute atomic E-state index is 12.3. The Morgan fingerprint density at radius 3 is 2.75 bits per heavy atom. The number of benzene rings is 1. The third-order valence-corrected chi connectivity index (χ3v) is 5.14. The topological polar surface area (TPSA) is 46.3 Å². The van der Waals surface area contributed by atoms with Gasteiger partial charge in [0.25, 0.3) is 0 Å². The number of aryl methyl sites for hydroxylation is 1. The molecule has 2 N–H and O–H groups in total. The SMILES string of the molecule is CC1(C)C(N)CCN1C(=O)CCCc1ccccc1Br. The molecule has 1 aliphatic heterocycles. The number of amides is 1. The molecule has 1 unspecified atom stereocenters. The standard InChI is InChI=1S/C16H23BrN2O/c1-16(2)14(18)10-11-19(16)15(20)9-5-7-12-6-3-4-8-13(12)17/h3-4,6,8,14H,5,7,9-11,18H2,1-2H3.